The van der Waals surface area contributed by atoms with E-state index < -0.39 is 0 Å². The second-order valence-electron chi connectivity index (χ2n) is 6.42. The Hall–Kier alpha value is -0.120. The minimum atomic E-state index is 0.486. The standard InChI is InChI=1S/C14H29N3/c1-16-8-7-13(10-16)11-17(2)9-12-3-5-14(15)6-4-12/h12-14H,3-11,15H2,1-2H3. The highest BCUT2D eigenvalue weighted by atomic mass is 15.1. The van der Waals surface area contributed by atoms with Gasteiger partial charge < -0.3 is 15.5 Å². The molecule has 2 rings (SSSR count). The molecule has 0 aromatic carbocycles. The number of likely N-dealkylation sites (tertiary alicyclic amines) is 1. The quantitative estimate of drug-likeness (QED) is 0.804. The van der Waals surface area contributed by atoms with Crippen LogP contribution in [0.25, 0.3) is 0 Å². The third kappa shape index (κ3) is 4.23. The van der Waals surface area contributed by atoms with Crippen molar-refractivity contribution in [1.82, 2.24) is 9.80 Å². The van der Waals surface area contributed by atoms with Crippen LogP contribution in [0.5, 0.6) is 0 Å². The minimum Gasteiger partial charge on any atom is -0.328 e. The van der Waals surface area contributed by atoms with E-state index >= 15 is 0 Å². The fourth-order valence-electron chi connectivity index (χ4n) is 3.50. The number of hydrogen-bond acceptors (Lipinski definition) is 3. The van der Waals surface area contributed by atoms with E-state index in [1.807, 2.05) is 0 Å². The summed E-state index contributed by atoms with van der Waals surface area (Å²) in [6.45, 7) is 5.15. The first-order valence-electron chi connectivity index (χ1n) is 7.26. The molecule has 1 aliphatic heterocycles. The van der Waals surface area contributed by atoms with Crippen molar-refractivity contribution in [2.24, 2.45) is 17.6 Å². The van der Waals surface area contributed by atoms with Crippen molar-refractivity contribution in [3.05, 3.63) is 0 Å². The molecular weight excluding hydrogens is 210 g/mol. The van der Waals surface area contributed by atoms with E-state index in [4.69, 9.17) is 5.73 Å². The minimum absolute atomic E-state index is 0.486. The summed E-state index contributed by atoms with van der Waals surface area (Å²) in [6, 6.07) is 0.486. The Balaban J connectivity index is 1.65. The molecule has 0 amide bonds. The maximum absolute atomic E-state index is 5.96. The highest BCUT2D eigenvalue weighted by Crippen LogP contribution is 2.24. The van der Waals surface area contributed by atoms with Crippen molar-refractivity contribution in [2.75, 3.05) is 40.3 Å². The largest absolute Gasteiger partial charge is 0.328 e. The zero-order valence-corrected chi connectivity index (χ0v) is 11.6. The first kappa shape index (κ1) is 13.3. The van der Waals surface area contributed by atoms with Gasteiger partial charge in [0.15, 0.2) is 0 Å². The van der Waals surface area contributed by atoms with Crippen molar-refractivity contribution in [1.29, 1.82) is 0 Å². The van der Waals surface area contributed by atoms with E-state index in [9.17, 15) is 0 Å². The highest BCUT2D eigenvalue weighted by Gasteiger charge is 2.23. The summed E-state index contributed by atoms with van der Waals surface area (Å²) in [7, 11) is 4.54. The van der Waals surface area contributed by atoms with Gasteiger partial charge in [-0.1, -0.05) is 0 Å². The Labute approximate surface area is 106 Å². The molecule has 100 valence electrons. The van der Waals surface area contributed by atoms with Crippen molar-refractivity contribution >= 4 is 0 Å². The summed E-state index contributed by atoms with van der Waals surface area (Å²) >= 11 is 0. The van der Waals surface area contributed by atoms with E-state index in [2.05, 4.69) is 23.9 Å². The number of rotatable bonds is 4. The van der Waals surface area contributed by atoms with Crippen LogP contribution in [0.2, 0.25) is 0 Å². The number of nitrogens with zero attached hydrogens (tertiary/aromatic N) is 2. The molecule has 2 fully saturated rings. The van der Waals surface area contributed by atoms with Gasteiger partial charge in [0, 0.05) is 25.7 Å². The first-order chi connectivity index (χ1) is 8.13. The smallest absolute Gasteiger partial charge is 0.00390 e. The van der Waals surface area contributed by atoms with Crippen LogP contribution in [0.1, 0.15) is 32.1 Å². The molecule has 3 heteroatoms. The predicted molar refractivity (Wildman–Crippen MR) is 73.0 cm³/mol. The van der Waals surface area contributed by atoms with Crippen LogP contribution in [0.4, 0.5) is 0 Å². The lowest BCUT2D eigenvalue weighted by Gasteiger charge is -2.30. The first-order valence-corrected chi connectivity index (χ1v) is 7.26. The van der Waals surface area contributed by atoms with Gasteiger partial charge in [0.05, 0.1) is 0 Å². The molecule has 17 heavy (non-hydrogen) atoms. The summed E-state index contributed by atoms with van der Waals surface area (Å²) in [5, 5.41) is 0. The average Bonchev–Trinajstić information content (AvgIpc) is 2.67. The summed E-state index contributed by atoms with van der Waals surface area (Å²) in [5.41, 5.74) is 5.96. The van der Waals surface area contributed by atoms with Crippen LogP contribution in [-0.4, -0.2) is 56.1 Å². The SMILES string of the molecule is CN1CCC(CN(C)CC2CCC(N)CC2)C1. The predicted octanol–water partition coefficient (Wildman–Crippen LogP) is 1.39. The molecule has 2 aliphatic rings. The van der Waals surface area contributed by atoms with Gasteiger partial charge in [-0.15, -0.1) is 0 Å². The van der Waals surface area contributed by atoms with Crippen molar-refractivity contribution in [2.45, 2.75) is 38.1 Å². The maximum atomic E-state index is 5.96. The normalized spacial score (nSPS) is 35.6. The van der Waals surface area contributed by atoms with Crippen molar-refractivity contribution in [3.63, 3.8) is 0 Å². The maximum Gasteiger partial charge on any atom is 0.00390 e. The van der Waals surface area contributed by atoms with Gasteiger partial charge in [-0.3, -0.25) is 0 Å². The average molecular weight is 239 g/mol. The molecule has 1 saturated heterocycles. The van der Waals surface area contributed by atoms with Gasteiger partial charge in [0.25, 0.3) is 0 Å². The molecule has 1 atom stereocenters. The Bertz CT molecular complexity index is 224. The zero-order chi connectivity index (χ0) is 12.3. The molecule has 0 radical (unpaired) electrons. The number of hydrogen-bond donors (Lipinski definition) is 1. The topological polar surface area (TPSA) is 32.5 Å². The monoisotopic (exact) mass is 239 g/mol. The van der Waals surface area contributed by atoms with Gasteiger partial charge in [-0.25, -0.2) is 0 Å². The van der Waals surface area contributed by atoms with Crippen LogP contribution >= 0.6 is 0 Å². The highest BCUT2D eigenvalue weighted by molar-refractivity contribution is 4.79. The molecule has 0 spiro atoms. The van der Waals surface area contributed by atoms with Gasteiger partial charge in [-0.2, -0.15) is 0 Å². The van der Waals surface area contributed by atoms with E-state index in [0.29, 0.717) is 6.04 Å². The summed E-state index contributed by atoms with van der Waals surface area (Å²) < 4.78 is 0. The Morgan fingerprint density at radius 3 is 2.29 bits per heavy atom. The lowest BCUT2D eigenvalue weighted by Crippen LogP contribution is -2.35. The Morgan fingerprint density at radius 2 is 1.71 bits per heavy atom. The van der Waals surface area contributed by atoms with E-state index in [1.54, 1.807) is 0 Å². The molecule has 1 heterocycles. The van der Waals surface area contributed by atoms with Gasteiger partial charge in [-0.05, 0) is 64.6 Å². The summed E-state index contributed by atoms with van der Waals surface area (Å²) in [4.78, 5) is 5.02. The zero-order valence-electron chi connectivity index (χ0n) is 11.6. The molecule has 2 N–H and O–H groups in total. The van der Waals surface area contributed by atoms with Crippen LogP contribution < -0.4 is 5.73 Å². The Morgan fingerprint density at radius 1 is 1.06 bits per heavy atom. The van der Waals surface area contributed by atoms with Crippen molar-refractivity contribution < 1.29 is 0 Å². The van der Waals surface area contributed by atoms with Gasteiger partial charge in [0.2, 0.25) is 0 Å². The van der Waals surface area contributed by atoms with Gasteiger partial charge >= 0.3 is 0 Å². The fourth-order valence-corrected chi connectivity index (χ4v) is 3.50. The van der Waals surface area contributed by atoms with Crippen LogP contribution in [0.3, 0.4) is 0 Å². The summed E-state index contributed by atoms with van der Waals surface area (Å²) in [6.07, 6.45) is 6.55. The molecule has 0 aromatic rings. The molecule has 1 saturated carbocycles. The van der Waals surface area contributed by atoms with E-state index in [-0.39, 0.29) is 0 Å². The third-order valence-electron chi connectivity index (χ3n) is 4.52. The third-order valence-corrected chi connectivity index (χ3v) is 4.52. The molecule has 1 unspecified atom stereocenters. The van der Waals surface area contributed by atoms with Crippen LogP contribution in [0, 0.1) is 11.8 Å². The fraction of sp³-hybridized carbons (Fsp3) is 1.00. The van der Waals surface area contributed by atoms with E-state index in [1.165, 1.54) is 58.3 Å². The molecule has 0 bridgehead atoms. The van der Waals surface area contributed by atoms with Crippen LogP contribution in [0.15, 0.2) is 0 Å². The molecule has 1 aliphatic carbocycles. The lowest BCUT2D eigenvalue weighted by atomic mass is 9.86. The molecular formula is C14H29N3. The van der Waals surface area contributed by atoms with E-state index in [0.717, 1.165) is 11.8 Å². The second kappa shape index (κ2) is 6.17. The van der Waals surface area contributed by atoms with Crippen LogP contribution in [-0.2, 0) is 0 Å². The van der Waals surface area contributed by atoms with Gasteiger partial charge in [0.1, 0.15) is 0 Å². The Kier molecular flexibility index (Phi) is 4.83. The second-order valence-corrected chi connectivity index (χ2v) is 6.42. The molecule has 0 aromatic heterocycles. The summed E-state index contributed by atoms with van der Waals surface area (Å²) in [5.74, 6) is 1.80. The number of nitrogens with two attached hydrogens (primary N) is 1. The van der Waals surface area contributed by atoms with Crippen molar-refractivity contribution in [3.8, 4) is 0 Å². The lowest BCUT2D eigenvalue weighted by molar-refractivity contribution is 0.202. The molecule has 3 nitrogen and oxygen atoms in total.